The molecule has 13 heavy (non-hydrogen) atoms. The zero-order chi connectivity index (χ0) is 9.26. The summed E-state index contributed by atoms with van der Waals surface area (Å²) in [6.45, 7) is 0. The van der Waals surface area contributed by atoms with Crippen molar-refractivity contribution in [2.45, 2.75) is 0 Å². The fourth-order valence-electron chi connectivity index (χ4n) is 1.05. The van der Waals surface area contributed by atoms with Crippen molar-refractivity contribution in [2.24, 2.45) is 0 Å². The van der Waals surface area contributed by atoms with Gasteiger partial charge in [-0.2, -0.15) is 0 Å². The molecule has 0 radical (unpaired) electrons. The molecular weight excluding hydrogens is 166 g/mol. The van der Waals surface area contributed by atoms with E-state index in [0.29, 0.717) is 11.4 Å². The molecule has 0 bridgehead atoms. The molecule has 0 fully saturated rings. The monoisotopic (exact) mass is 175 g/mol. The van der Waals surface area contributed by atoms with E-state index in [9.17, 15) is 0 Å². The Kier molecular flexibility index (Phi) is 1.63. The number of nitrogen functional groups attached to an aromatic ring is 2. The average Bonchev–Trinajstić information content (AvgIpc) is 2.62. The van der Waals surface area contributed by atoms with Crippen molar-refractivity contribution in [1.82, 2.24) is 15.0 Å². The molecule has 0 unspecified atom stereocenters. The number of anilines is 2. The highest BCUT2D eigenvalue weighted by Crippen LogP contribution is 2.17. The number of nitrogens with two attached hydrogens (primary N) is 2. The van der Waals surface area contributed by atoms with E-state index in [1.54, 1.807) is 29.2 Å². The number of aromatic nitrogens is 3. The molecule has 1 aromatic carbocycles. The minimum Gasteiger partial charge on any atom is -0.397 e. The third-order valence-electron chi connectivity index (χ3n) is 1.76. The maximum Gasteiger partial charge on any atom is 0.0697 e. The zero-order valence-electron chi connectivity index (χ0n) is 6.88. The second kappa shape index (κ2) is 2.78. The summed E-state index contributed by atoms with van der Waals surface area (Å²) >= 11 is 0. The van der Waals surface area contributed by atoms with E-state index < -0.39 is 0 Å². The summed E-state index contributed by atoms with van der Waals surface area (Å²) in [5.74, 6) is 0. The van der Waals surface area contributed by atoms with Gasteiger partial charge in [0, 0.05) is 0 Å². The van der Waals surface area contributed by atoms with E-state index in [1.807, 2.05) is 6.07 Å². The van der Waals surface area contributed by atoms with Gasteiger partial charge in [0.05, 0.1) is 29.5 Å². The molecular formula is C8H9N5. The van der Waals surface area contributed by atoms with E-state index >= 15 is 0 Å². The van der Waals surface area contributed by atoms with Gasteiger partial charge in [-0.15, -0.1) is 5.10 Å². The summed E-state index contributed by atoms with van der Waals surface area (Å²) < 4.78 is 1.62. The minimum atomic E-state index is 0.549. The molecule has 66 valence electrons. The minimum absolute atomic E-state index is 0.549. The van der Waals surface area contributed by atoms with Crippen LogP contribution in [0.3, 0.4) is 0 Å². The van der Waals surface area contributed by atoms with Crippen LogP contribution >= 0.6 is 0 Å². The molecule has 2 aromatic rings. The fourth-order valence-corrected chi connectivity index (χ4v) is 1.05. The van der Waals surface area contributed by atoms with Gasteiger partial charge in [-0.1, -0.05) is 5.21 Å². The van der Waals surface area contributed by atoms with Gasteiger partial charge in [0.1, 0.15) is 0 Å². The highest BCUT2D eigenvalue weighted by Gasteiger charge is 1.99. The zero-order valence-corrected chi connectivity index (χ0v) is 6.88. The Bertz CT molecular complexity index is 406. The van der Waals surface area contributed by atoms with Crippen LogP contribution in [0.15, 0.2) is 30.6 Å². The van der Waals surface area contributed by atoms with E-state index in [4.69, 9.17) is 11.5 Å². The largest absolute Gasteiger partial charge is 0.397 e. The average molecular weight is 175 g/mol. The summed E-state index contributed by atoms with van der Waals surface area (Å²) in [6.07, 6.45) is 3.34. The Balaban J connectivity index is 2.49. The quantitative estimate of drug-likeness (QED) is 0.616. The molecule has 0 aliphatic rings. The number of hydrogen-bond acceptors (Lipinski definition) is 4. The highest BCUT2D eigenvalue weighted by molar-refractivity contribution is 5.66. The maximum atomic E-state index is 5.64. The molecule has 0 atom stereocenters. The van der Waals surface area contributed by atoms with Crippen molar-refractivity contribution in [2.75, 3.05) is 11.5 Å². The third kappa shape index (κ3) is 1.31. The van der Waals surface area contributed by atoms with E-state index in [-0.39, 0.29) is 0 Å². The SMILES string of the molecule is Nc1ccc(-n2ccnn2)cc1N. The molecule has 5 nitrogen and oxygen atoms in total. The van der Waals surface area contributed by atoms with Crippen LogP contribution in [0.4, 0.5) is 11.4 Å². The van der Waals surface area contributed by atoms with Gasteiger partial charge in [0.15, 0.2) is 0 Å². The van der Waals surface area contributed by atoms with Crippen LogP contribution in [0, 0.1) is 0 Å². The Morgan fingerprint density at radius 3 is 2.62 bits per heavy atom. The first-order valence-corrected chi connectivity index (χ1v) is 3.79. The number of rotatable bonds is 1. The lowest BCUT2D eigenvalue weighted by atomic mass is 10.2. The number of nitrogens with zero attached hydrogens (tertiary/aromatic N) is 3. The highest BCUT2D eigenvalue weighted by atomic mass is 15.4. The number of benzene rings is 1. The van der Waals surface area contributed by atoms with Gasteiger partial charge in [0.25, 0.3) is 0 Å². The van der Waals surface area contributed by atoms with Crippen LogP contribution in [-0.2, 0) is 0 Å². The molecule has 2 rings (SSSR count). The lowest BCUT2D eigenvalue weighted by molar-refractivity contribution is 0.803. The van der Waals surface area contributed by atoms with Crippen molar-refractivity contribution in [3.8, 4) is 5.69 Å². The van der Waals surface area contributed by atoms with Gasteiger partial charge in [-0.05, 0) is 18.2 Å². The van der Waals surface area contributed by atoms with Crippen LogP contribution in [0.2, 0.25) is 0 Å². The molecule has 0 spiro atoms. The lowest BCUT2D eigenvalue weighted by Crippen LogP contribution is -1.99. The summed E-state index contributed by atoms with van der Waals surface area (Å²) in [7, 11) is 0. The molecule has 5 heteroatoms. The maximum absolute atomic E-state index is 5.64. The van der Waals surface area contributed by atoms with Crippen molar-refractivity contribution in [1.29, 1.82) is 0 Å². The van der Waals surface area contributed by atoms with Gasteiger partial charge in [0.2, 0.25) is 0 Å². The molecule has 0 aliphatic carbocycles. The first-order valence-electron chi connectivity index (χ1n) is 3.79. The lowest BCUT2D eigenvalue weighted by Gasteiger charge is -2.03. The van der Waals surface area contributed by atoms with Crippen LogP contribution in [0.1, 0.15) is 0 Å². The smallest absolute Gasteiger partial charge is 0.0697 e. The first-order chi connectivity index (χ1) is 6.27. The normalized spacial score (nSPS) is 10.2. The van der Waals surface area contributed by atoms with Crippen LogP contribution in [0.5, 0.6) is 0 Å². The van der Waals surface area contributed by atoms with Crippen LogP contribution < -0.4 is 11.5 Å². The topological polar surface area (TPSA) is 82.8 Å². The molecule has 4 N–H and O–H groups in total. The molecule has 0 saturated carbocycles. The molecule has 1 heterocycles. The predicted octanol–water partition coefficient (Wildman–Crippen LogP) is 0.432. The van der Waals surface area contributed by atoms with Crippen LogP contribution in [-0.4, -0.2) is 15.0 Å². The summed E-state index contributed by atoms with van der Waals surface area (Å²) in [5, 5.41) is 7.52. The Morgan fingerprint density at radius 1 is 1.15 bits per heavy atom. The molecule has 0 amide bonds. The Hall–Kier alpha value is -2.04. The first kappa shape index (κ1) is 7.60. The predicted molar refractivity (Wildman–Crippen MR) is 50.2 cm³/mol. The Morgan fingerprint density at radius 2 is 2.00 bits per heavy atom. The third-order valence-corrected chi connectivity index (χ3v) is 1.76. The summed E-state index contributed by atoms with van der Waals surface area (Å²) in [5.41, 5.74) is 13.2. The molecule has 0 aliphatic heterocycles. The standard InChI is InChI=1S/C8H9N5/c9-7-2-1-6(5-8(7)10)13-4-3-11-12-13/h1-5H,9-10H2. The van der Waals surface area contributed by atoms with Crippen LogP contribution in [0.25, 0.3) is 5.69 Å². The summed E-state index contributed by atoms with van der Waals surface area (Å²) in [6, 6.07) is 5.33. The van der Waals surface area contributed by atoms with Gasteiger partial charge < -0.3 is 11.5 Å². The van der Waals surface area contributed by atoms with Gasteiger partial charge >= 0.3 is 0 Å². The van der Waals surface area contributed by atoms with E-state index in [1.165, 1.54) is 0 Å². The second-order valence-electron chi connectivity index (χ2n) is 2.66. The van der Waals surface area contributed by atoms with Gasteiger partial charge in [-0.25, -0.2) is 4.68 Å². The van der Waals surface area contributed by atoms with Crippen molar-refractivity contribution in [3.05, 3.63) is 30.6 Å². The number of hydrogen-bond donors (Lipinski definition) is 2. The van der Waals surface area contributed by atoms with Crippen molar-refractivity contribution < 1.29 is 0 Å². The molecule has 0 saturated heterocycles. The van der Waals surface area contributed by atoms with Crippen molar-refractivity contribution in [3.63, 3.8) is 0 Å². The van der Waals surface area contributed by atoms with E-state index in [0.717, 1.165) is 5.69 Å². The van der Waals surface area contributed by atoms with Gasteiger partial charge in [-0.3, -0.25) is 0 Å². The molecule has 1 aromatic heterocycles. The Labute approximate surface area is 75.0 Å². The van der Waals surface area contributed by atoms with E-state index in [2.05, 4.69) is 10.3 Å². The fraction of sp³-hybridized carbons (Fsp3) is 0. The summed E-state index contributed by atoms with van der Waals surface area (Å²) in [4.78, 5) is 0. The second-order valence-corrected chi connectivity index (χ2v) is 2.66. The van der Waals surface area contributed by atoms with Crippen molar-refractivity contribution >= 4 is 11.4 Å².